The van der Waals surface area contributed by atoms with E-state index in [-0.39, 0.29) is 11.9 Å². The maximum atomic E-state index is 12.4. The third-order valence-electron chi connectivity index (χ3n) is 4.15. The van der Waals surface area contributed by atoms with Gasteiger partial charge in [-0.2, -0.15) is 0 Å². The minimum Gasteiger partial charge on any atom is -0.451 e. The summed E-state index contributed by atoms with van der Waals surface area (Å²) < 4.78 is 5.64. The summed E-state index contributed by atoms with van der Waals surface area (Å²) in [4.78, 5) is 12.4. The van der Waals surface area contributed by atoms with Crippen molar-refractivity contribution in [3.8, 4) is 0 Å². The standard InChI is InChI=1S/C16H18ClNO3/c1-9-11-8-10(17)6-7-14(11)21-15(9)16(20)18-12-4-2-3-5-13(12)19/h6-8,12-13,19H,2-5H2,1H3,(H,18,20)/t12-,13-/m1/s1. The number of aliphatic hydroxyl groups excluding tert-OH is 1. The molecule has 0 unspecified atom stereocenters. The van der Waals surface area contributed by atoms with Gasteiger partial charge in [0.15, 0.2) is 5.76 Å². The molecule has 0 bridgehead atoms. The lowest BCUT2D eigenvalue weighted by Gasteiger charge is -2.28. The average molecular weight is 308 g/mol. The minimum absolute atomic E-state index is 0.192. The van der Waals surface area contributed by atoms with E-state index in [1.54, 1.807) is 18.2 Å². The first kappa shape index (κ1) is 14.4. The summed E-state index contributed by atoms with van der Waals surface area (Å²) in [6.45, 7) is 1.84. The maximum Gasteiger partial charge on any atom is 0.287 e. The Bertz CT molecular complexity index is 679. The predicted molar refractivity (Wildman–Crippen MR) is 81.7 cm³/mol. The van der Waals surface area contributed by atoms with E-state index in [9.17, 15) is 9.90 Å². The molecule has 1 heterocycles. The number of aliphatic hydroxyl groups is 1. The smallest absolute Gasteiger partial charge is 0.287 e. The van der Waals surface area contributed by atoms with Crippen molar-refractivity contribution in [2.24, 2.45) is 0 Å². The highest BCUT2D eigenvalue weighted by atomic mass is 35.5. The first-order valence-corrected chi connectivity index (χ1v) is 7.61. The number of hydrogen-bond donors (Lipinski definition) is 2. The van der Waals surface area contributed by atoms with Gasteiger partial charge in [0.2, 0.25) is 0 Å². The lowest BCUT2D eigenvalue weighted by atomic mass is 9.92. The molecule has 1 aromatic carbocycles. The summed E-state index contributed by atoms with van der Waals surface area (Å²) in [5.74, 6) is 0.0239. The first-order chi connectivity index (χ1) is 10.1. The monoisotopic (exact) mass is 307 g/mol. The molecule has 0 spiro atoms. The fourth-order valence-corrected chi connectivity index (χ4v) is 3.10. The summed E-state index contributed by atoms with van der Waals surface area (Å²) in [7, 11) is 0. The quantitative estimate of drug-likeness (QED) is 0.893. The second kappa shape index (κ2) is 5.70. The van der Waals surface area contributed by atoms with E-state index in [1.807, 2.05) is 6.92 Å². The number of furan rings is 1. The number of halogens is 1. The molecule has 5 heteroatoms. The maximum absolute atomic E-state index is 12.4. The number of amides is 1. The van der Waals surface area contributed by atoms with Gasteiger partial charge in [0.1, 0.15) is 5.58 Å². The zero-order valence-electron chi connectivity index (χ0n) is 11.9. The molecule has 1 aromatic heterocycles. The molecule has 21 heavy (non-hydrogen) atoms. The Morgan fingerprint density at radius 3 is 2.90 bits per heavy atom. The van der Waals surface area contributed by atoms with Crippen molar-refractivity contribution in [3.63, 3.8) is 0 Å². The van der Waals surface area contributed by atoms with Crippen LogP contribution in [0, 0.1) is 6.92 Å². The molecule has 3 rings (SSSR count). The second-order valence-electron chi connectivity index (χ2n) is 5.63. The van der Waals surface area contributed by atoms with Crippen LogP contribution in [0.3, 0.4) is 0 Å². The molecule has 1 amide bonds. The van der Waals surface area contributed by atoms with Crippen molar-refractivity contribution in [1.82, 2.24) is 5.32 Å². The van der Waals surface area contributed by atoms with E-state index in [2.05, 4.69) is 5.32 Å². The fourth-order valence-electron chi connectivity index (χ4n) is 2.92. The van der Waals surface area contributed by atoms with Crippen LogP contribution >= 0.6 is 11.6 Å². The number of carbonyl (C=O) groups is 1. The minimum atomic E-state index is -0.471. The first-order valence-electron chi connectivity index (χ1n) is 7.24. The molecule has 2 N–H and O–H groups in total. The summed E-state index contributed by atoms with van der Waals surface area (Å²) in [6, 6.07) is 5.10. The molecular formula is C16H18ClNO3. The van der Waals surface area contributed by atoms with E-state index in [0.29, 0.717) is 16.4 Å². The van der Waals surface area contributed by atoms with Gasteiger partial charge in [0.05, 0.1) is 12.1 Å². The molecular weight excluding hydrogens is 290 g/mol. The van der Waals surface area contributed by atoms with Crippen LogP contribution < -0.4 is 5.32 Å². The number of hydrogen-bond acceptors (Lipinski definition) is 3. The summed E-state index contributed by atoms with van der Waals surface area (Å²) in [5, 5.41) is 14.3. The lowest BCUT2D eigenvalue weighted by Crippen LogP contribution is -2.45. The van der Waals surface area contributed by atoms with Gasteiger partial charge in [-0.3, -0.25) is 4.79 Å². The summed E-state index contributed by atoms with van der Waals surface area (Å²) in [6.07, 6.45) is 3.10. The largest absolute Gasteiger partial charge is 0.451 e. The van der Waals surface area contributed by atoms with E-state index in [0.717, 1.165) is 36.6 Å². The highest BCUT2D eigenvalue weighted by Gasteiger charge is 2.27. The van der Waals surface area contributed by atoms with Crippen LogP contribution in [0.2, 0.25) is 5.02 Å². The van der Waals surface area contributed by atoms with Gasteiger partial charge in [-0.15, -0.1) is 0 Å². The molecule has 1 saturated carbocycles. The van der Waals surface area contributed by atoms with Crippen LogP contribution in [0.4, 0.5) is 0 Å². The molecule has 112 valence electrons. The Balaban J connectivity index is 1.86. The molecule has 0 aliphatic heterocycles. The van der Waals surface area contributed by atoms with E-state index < -0.39 is 6.10 Å². The Labute approximate surface area is 128 Å². The SMILES string of the molecule is Cc1c(C(=O)N[C@@H]2CCCC[C@H]2O)oc2ccc(Cl)cc12. The molecule has 2 aromatic rings. The molecule has 1 aliphatic carbocycles. The van der Waals surface area contributed by atoms with Crippen LogP contribution in [-0.4, -0.2) is 23.2 Å². The van der Waals surface area contributed by atoms with Crippen LogP contribution in [0.15, 0.2) is 22.6 Å². The molecule has 2 atom stereocenters. The fraction of sp³-hybridized carbons (Fsp3) is 0.438. The average Bonchev–Trinajstić information content (AvgIpc) is 2.79. The molecule has 4 nitrogen and oxygen atoms in total. The third kappa shape index (κ3) is 2.78. The van der Waals surface area contributed by atoms with Crippen LogP contribution in [0.5, 0.6) is 0 Å². The lowest BCUT2D eigenvalue weighted by molar-refractivity contribution is 0.0699. The van der Waals surface area contributed by atoms with Gasteiger partial charge < -0.3 is 14.8 Å². The Hall–Kier alpha value is -1.52. The van der Waals surface area contributed by atoms with Crippen molar-refractivity contribution in [2.75, 3.05) is 0 Å². The predicted octanol–water partition coefficient (Wildman–Crippen LogP) is 3.43. The van der Waals surface area contributed by atoms with Gasteiger partial charge in [0, 0.05) is 16.0 Å². The van der Waals surface area contributed by atoms with Crippen LogP contribution in [-0.2, 0) is 0 Å². The number of rotatable bonds is 2. The van der Waals surface area contributed by atoms with E-state index in [1.165, 1.54) is 0 Å². The topological polar surface area (TPSA) is 62.5 Å². The number of aryl methyl sites for hydroxylation is 1. The summed E-state index contributed by atoms with van der Waals surface area (Å²) >= 11 is 5.98. The van der Waals surface area contributed by atoms with E-state index >= 15 is 0 Å². The molecule has 1 aliphatic rings. The van der Waals surface area contributed by atoms with Crippen molar-refractivity contribution in [2.45, 2.75) is 44.8 Å². The third-order valence-corrected chi connectivity index (χ3v) is 4.39. The van der Waals surface area contributed by atoms with Crippen molar-refractivity contribution in [3.05, 3.63) is 34.5 Å². The highest BCUT2D eigenvalue weighted by Crippen LogP contribution is 2.28. The number of nitrogens with one attached hydrogen (secondary N) is 1. The molecule has 0 saturated heterocycles. The van der Waals surface area contributed by atoms with Gasteiger partial charge in [-0.25, -0.2) is 0 Å². The normalized spacial score (nSPS) is 22.4. The number of benzene rings is 1. The zero-order valence-corrected chi connectivity index (χ0v) is 12.6. The van der Waals surface area contributed by atoms with Crippen molar-refractivity contribution >= 4 is 28.5 Å². The van der Waals surface area contributed by atoms with Crippen LogP contribution in [0.1, 0.15) is 41.8 Å². The number of fused-ring (bicyclic) bond motifs is 1. The molecule has 1 fully saturated rings. The van der Waals surface area contributed by atoms with Crippen LogP contribution in [0.25, 0.3) is 11.0 Å². The molecule has 0 radical (unpaired) electrons. The van der Waals surface area contributed by atoms with Gasteiger partial charge >= 0.3 is 0 Å². The zero-order chi connectivity index (χ0) is 15.0. The van der Waals surface area contributed by atoms with Gasteiger partial charge in [0.25, 0.3) is 5.91 Å². The van der Waals surface area contributed by atoms with Crippen molar-refractivity contribution < 1.29 is 14.3 Å². The van der Waals surface area contributed by atoms with E-state index in [4.69, 9.17) is 16.0 Å². The Kier molecular flexibility index (Phi) is 3.91. The highest BCUT2D eigenvalue weighted by molar-refractivity contribution is 6.31. The Morgan fingerprint density at radius 1 is 1.38 bits per heavy atom. The number of carbonyl (C=O) groups excluding carboxylic acids is 1. The Morgan fingerprint density at radius 2 is 2.14 bits per heavy atom. The van der Waals surface area contributed by atoms with Crippen molar-refractivity contribution in [1.29, 1.82) is 0 Å². The second-order valence-corrected chi connectivity index (χ2v) is 6.06. The van der Waals surface area contributed by atoms with Gasteiger partial charge in [-0.1, -0.05) is 24.4 Å². The van der Waals surface area contributed by atoms with Gasteiger partial charge in [-0.05, 0) is 38.0 Å². The summed E-state index contributed by atoms with van der Waals surface area (Å²) in [5.41, 5.74) is 1.42.